The third kappa shape index (κ3) is 2.90. The van der Waals surface area contributed by atoms with Gasteiger partial charge in [-0.3, -0.25) is 4.79 Å². The number of carbonyl (C=O) groups is 1. The number of hydrogen-bond donors (Lipinski definition) is 0. The van der Waals surface area contributed by atoms with Crippen LogP contribution in [0.4, 0.5) is 8.78 Å². The van der Waals surface area contributed by atoms with Crippen LogP contribution in [0.2, 0.25) is 0 Å². The van der Waals surface area contributed by atoms with E-state index in [0.717, 1.165) is 12.1 Å². The van der Waals surface area contributed by atoms with Crippen molar-refractivity contribution in [2.75, 3.05) is 0 Å². The summed E-state index contributed by atoms with van der Waals surface area (Å²) in [7, 11) is 0. The Morgan fingerprint density at radius 3 is 2.57 bits per heavy atom. The number of benzene rings is 1. The molecule has 68 valence electrons. The average Bonchev–Trinajstić information content (AvgIpc) is 2.10. The first-order valence-electron chi connectivity index (χ1n) is 3.43. The zero-order valence-electron chi connectivity index (χ0n) is 7.46. The van der Waals surface area contributed by atoms with Crippen molar-refractivity contribution in [1.29, 1.82) is 0 Å². The molecular weight excluding hydrogens is 201 g/mol. The number of allylic oxidation sites excluding steroid dienone is 1. The van der Waals surface area contributed by atoms with Crippen molar-refractivity contribution < 1.29 is 48.2 Å². The molecule has 0 aliphatic heterocycles. The second-order valence-electron chi connectivity index (χ2n) is 2.27. The monoisotopic (exact) mass is 206 g/mol. The Morgan fingerprint density at radius 2 is 2.00 bits per heavy atom. The molecule has 0 bridgehead atoms. The maximum atomic E-state index is 12.8. The van der Waals surface area contributed by atoms with E-state index in [1.807, 2.05) is 0 Å². The summed E-state index contributed by atoms with van der Waals surface area (Å²) in [4.78, 5) is 10.9. The van der Waals surface area contributed by atoms with E-state index in [2.05, 4.69) is 0 Å². The van der Waals surface area contributed by atoms with E-state index in [1.54, 1.807) is 0 Å². The molecule has 0 N–H and O–H groups in total. The minimum atomic E-state index is -1.23. The summed E-state index contributed by atoms with van der Waals surface area (Å²) < 4.78 is 25.4. The van der Waals surface area contributed by atoms with E-state index in [0.29, 0.717) is 6.08 Å². The molecule has 0 aliphatic rings. The molecule has 1 aromatic carbocycles. The average molecular weight is 206 g/mol. The van der Waals surface area contributed by atoms with Gasteiger partial charge in [0.2, 0.25) is 0 Å². The molecule has 0 aromatic heterocycles. The van der Waals surface area contributed by atoms with E-state index in [-0.39, 0.29) is 35.8 Å². The molecule has 0 saturated heterocycles. The van der Waals surface area contributed by atoms with E-state index in [9.17, 15) is 18.7 Å². The molecule has 0 atom stereocenters. The van der Waals surface area contributed by atoms with E-state index in [1.165, 1.54) is 6.07 Å². The first-order chi connectivity index (χ1) is 6.16. The number of hydrogen-bond acceptors (Lipinski definition) is 2. The SMILES string of the molecule is O=C(/C=C/[O-])c1cccc(F)c1F.[Na+]. The fourth-order valence-electron chi connectivity index (χ4n) is 0.846. The van der Waals surface area contributed by atoms with Gasteiger partial charge >= 0.3 is 29.6 Å². The molecule has 0 radical (unpaired) electrons. The second kappa shape index (κ2) is 5.90. The Kier molecular flexibility index (Phi) is 5.60. The Labute approximate surface area is 102 Å². The molecule has 0 unspecified atom stereocenters. The van der Waals surface area contributed by atoms with Crippen LogP contribution >= 0.6 is 0 Å². The van der Waals surface area contributed by atoms with Crippen molar-refractivity contribution in [3.05, 3.63) is 47.7 Å². The van der Waals surface area contributed by atoms with E-state index >= 15 is 0 Å². The maximum Gasteiger partial charge on any atom is 1.00 e. The minimum absolute atomic E-state index is 0. The largest absolute Gasteiger partial charge is 1.00 e. The van der Waals surface area contributed by atoms with E-state index < -0.39 is 23.0 Å². The van der Waals surface area contributed by atoms with Gasteiger partial charge in [-0.1, -0.05) is 6.07 Å². The van der Waals surface area contributed by atoms with Crippen LogP contribution < -0.4 is 34.7 Å². The van der Waals surface area contributed by atoms with Crippen molar-refractivity contribution in [1.82, 2.24) is 0 Å². The van der Waals surface area contributed by atoms with Crippen molar-refractivity contribution in [2.45, 2.75) is 0 Å². The summed E-state index contributed by atoms with van der Waals surface area (Å²) in [6, 6.07) is 3.21. The van der Waals surface area contributed by atoms with Crippen LogP contribution in [-0.2, 0) is 0 Å². The molecule has 0 saturated carbocycles. The third-order valence-corrected chi connectivity index (χ3v) is 1.44. The van der Waals surface area contributed by atoms with Gasteiger partial charge < -0.3 is 5.11 Å². The van der Waals surface area contributed by atoms with Gasteiger partial charge in [-0.05, 0) is 18.2 Å². The Bertz CT molecular complexity index is 364. The Balaban J connectivity index is 0.00000169. The van der Waals surface area contributed by atoms with Crippen molar-refractivity contribution >= 4 is 5.78 Å². The molecule has 0 amide bonds. The van der Waals surface area contributed by atoms with Crippen LogP contribution in [0.15, 0.2) is 30.5 Å². The topological polar surface area (TPSA) is 40.1 Å². The van der Waals surface area contributed by atoms with Crippen LogP contribution in [-0.4, -0.2) is 5.78 Å². The summed E-state index contributed by atoms with van der Waals surface area (Å²) in [6.45, 7) is 0. The predicted molar refractivity (Wildman–Crippen MR) is 39.8 cm³/mol. The fourth-order valence-corrected chi connectivity index (χ4v) is 0.846. The summed E-state index contributed by atoms with van der Waals surface area (Å²) in [5, 5.41) is 9.89. The normalized spacial score (nSPS) is 9.86. The van der Waals surface area contributed by atoms with Crippen LogP contribution in [0.3, 0.4) is 0 Å². The standard InChI is InChI=1S/C9H6F2O2.Na/c10-7-3-1-2-6(9(7)11)8(13)4-5-12;/h1-5,12H;/q;+1/p-1/b5-4+;. The first kappa shape index (κ1) is 13.3. The molecule has 2 nitrogen and oxygen atoms in total. The summed E-state index contributed by atoms with van der Waals surface area (Å²) in [5.41, 5.74) is -0.438. The van der Waals surface area contributed by atoms with Crippen LogP contribution in [0.1, 0.15) is 10.4 Å². The number of halogens is 2. The van der Waals surface area contributed by atoms with Gasteiger partial charge in [0.15, 0.2) is 17.4 Å². The Morgan fingerprint density at radius 1 is 1.36 bits per heavy atom. The molecule has 0 heterocycles. The van der Waals surface area contributed by atoms with Gasteiger partial charge in [-0.25, -0.2) is 8.78 Å². The van der Waals surface area contributed by atoms with Crippen molar-refractivity contribution in [3.8, 4) is 0 Å². The van der Waals surface area contributed by atoms with Crippen molar-refractivity contribution in [3.63, 3.8) is 0 Å². The zero-order chi connectivity index (χ0) is 9.84. The molecule has 14 heavy (non-hydrogen) atoms. The quantitative estimate of drug-likeness (QED) is 0.243. The third-order valence-electron chi connectivity index (χ3n) is 1.44. The smallest absolute Gasteiger partial charge is 0.878 e. The first-order valence-corrected chi connectivity index (χ1v) is 3.43. The molecule has 0 spiro atoms. The second-order valence-corrected chi connectivity index (χ2v) is 2.27. The number of carbonyl (C=O) groups excluding carboxylic acids is 1. The van der Waals surface area contributed by atoms with Gasteiger partial charge in [-0.15, -0.1) is 6.26 Å². The zero-order valence-corrected chi connectivity index (χ0v) is 9.46. The van der Waals surface area contributed by atoms with E-state index in [4.69, 9.17) is 0 Å². The molecule has 0 fully saturated rings. The summed E-state index contributed by atoms with van der Waals surface area (Å²) >= 11 is 0. The fraction of sp³-hybridized carbons (Fsp3) is 0. The van der Waals surface area contributed by atoms with Crippen LogP contribution in [0.5, 0.6) is 0 Å². The van der Waals surface area contributed by atoms with Gasteiger partial charge in [0.05, 0.1) is 5.56 Å². The van der Waals surface area contributed by atoms with Crippen LogP contribution in [0.25, 0.3) is 0 Å². The number of rotatable bonds is 2. The molecule has 1 aromatic rings. The minimum Gasteiger partial charge on any atom is -0.878 e. The molecule has 1 rings (SSSR count). The number of ketones is 1. The van der Waals surface area contributed by atoms with Crippen molar-refractivity contribution in [2.24, 2.45) is 0 Å². The molecule has 5 heteroatoms. The molecular formula is C9H5F2NaO2. The van der Waals surface area contributed by atoms with Crippen LogP contribution in [0, 0.1) is 11.6 Å². The van der Waals surface area contributed by atoms with Gasteiger partial charge in [0, 0.05) is 0 Å². The van der Waals surface area contributed by atoms with Gasteiger partial charge in [0.25, 0.3) is 0 Å². The maximum absolute atomic E-state index is 12.8. The Hall–Kier alpha value is -0.710. The summed E-state index contributed by atoms with van der Waals surface area (Å²) in [5.74, 6) is -3.18. The predicted octanol–water partition coefficient (Wildman–Crippen LogP) is -1.97. The van der Waals surface area contributed by atoms with Gasteiger partial charge in [-0.2, -0.15) is 0 Å². The summed E-state index contributed by atoms with van der Waals surface area (Å²) in [6.07, 6.45) is 0.866. The van der Waals surface area contributed by atoms with Gasteiger partial charge in [0.1, 0.15) is 0 Å². The molecule has 0 aliphatic carbocycles.